The van der Waals surface area contributed by atoms with Crippen molar-refractivity contribution in [2.45, 2.75) is 25.8 Å². The number of aromatic nitrogens is 1. The molecule has 0 unspecified atom stereocenters. The van der Waals surface area contributed by atoms with Crippen molar-refractivity contribution in [3.63, 3.8) is 0 Å². The number of likely N-dealkylation sites (tertiary alicyclic amines) is 1. The number of nitrogens with zero attached hydrogens (tertiary/aromatic N) is 3. The number of para-hydroxylation sites is 1. The molecule has 140 valence electrons. The van der Waals surface area contributed by atoms with Gasteiger partial charge >= 0.3 is 0 Å². The maximum absolute atomic E-state index is 13.0. The molecular weight excluding hydrogens is 350 g/mol. The van der Waals surface area contributed by atoms with Crippen LogP contribution in [-0.4, -0.2) is 34.2 Å². The van der Waals surface area contributed by atoms with Crippen LogP contribution >= 0.6 is 0 Å². The van der Waals surface area contributed by atoms with Crippen LogP contribution in [0.25, 0.3) is 10.9 Å². The molecule has 2 heterocycles. The van der Waals surface area contributed by atoms with Gasteiger partial charge in [0.25, 0.3) is 11.7 Å². The molecule has 4 rings (SSSR count). The van der Waals surface area contributed by atoms with Crippen molar-refractivity contribution in [1.82, 2.24) is 9.47 Å². The van der Waals surface area contributed by atoms with Crippen LogP contribution < -0.4 is 0 Å². The lowest BCUT2D eigenvalue weighted by Gasteiger charge is -2.25. The first kappa shape index (κ1) is 18.0. The summed E-state index contributed by atoms with van der Waals surface area (Å²) < 4.78 is 1.95. The van der Waals surface area contributed by atoms with E-state index < -0.39 is 11.7 Å². The Balaban J connectivity index is 1.71. The third kappa shape index (κ3) is 3.29. The SMILES string of the molecule is N#Cc1ccccc1Cn1cc(C(=O)C(=O)N2CCCCC2)c2ccccc21. The second-order valence-corrected chi connectivity index (χ2v) is 7.14. The number of carbonyl (C=O) groups is 2. The summed E-state index contributed by atoms with van der Waals surface area (Å²) in [6, 6.07) is 17.2. The molecule has 1 saturated heterocycles. The maximum atomic E-state index is 13.0. The molecule has 0 aliphatic carbocycles. The number of fused-ring (bicyclic) bond motifs is 1. The van der Waals surface area contributed by atoms with E-state index in [0.717, 1.165) is 35.7 Å². The lowest BCUT2D eigenvalue weighted by molar-refractivity contribution is -0.127. The molecule has 3 aromatic rings. The van der Waals surface area contributed by atoms with Gasteiger partial charge in [-0.2, -0.15) is 5.26 Å². The number of carbonyl (C=O) groups excluding carboxylic acids is 2. The third-order valence-electron chi connectivity index (χ3n) is 5.35. The molecule has 1 aliphatic heterocycles. The van der Waals surface area contributed by atoms with Gasteiger partial charge in [-0.05, 0) is 37.0 Å². The van der Waals surface area contributed by atoms with Gasteiger partial charge in [-0.3, -0.25) is 9.59 Å². The van der Waals surface area contributed by atoms with Crippen molar-refractivity contribution >= 4 is 22.6 Å². The Morgan fingerprint density at radius 3 is 2.46 bits per heavy atom. The Bertz CT molecular complexity index is 1080. The van der Waals surface area contributed by atoms with Crippen molar-refractivity contribution < 1.29 is 9.59 Å². The van der Waals surface area contributed by atoms with Crippen LogP contribution in [0.1, 0.15) is 40.7 Å². The zero-order valence-electron chi connectivity index (χ0n) is 15.6. The molecule has 0 N–H and O–H groups in total. The summed E-state index contributed by atoms with van der Waals surface area (Å²) >= 11 is 0. The number of rotatable bonds is 4. The summed E-state index contributed by atoms with van der Waals surface area (Å²) in [6.45, 7) is 1.77. The molecule has 5 heteroatoms. The van der Waals surface area contributed by atoms with Crippen molar-refractivity contribution in [2.75, 3.05) is 13.1 Å². The highest BCUT2D eigenvalue weighted by Crippen LogP contribution is 2.24. The fourth-order valence-corrected chi connectivity index (χ4v) is 3.87. The molecule has 1 aliphatic rings. The summed E-state index contributed by atoms with van der Waals surface area (Å²) in [6.07, 6.45) is 4.76. The van der Waals surface area contributed by atoms with Gasteiger partial charge in [0.2, 0.25) is 0 Å². The first-order valence-electron chi connectivity index (χ1n) is 9.58. The Kier molecular flexibility index (Phi) is 4.94. The minimum absolute atomic E-state index is 0.417. The minimum Gasteiger partial charge on any atom is -0.342 e. The fourth-order valence-electron chi connectivity index (χ4n) is 3.87. The monoisotopic (exact) mass is 371 g/mol. The number of piperidine rings is 1. The molecule has 0 bridgehead atoms. The molecule has 0 atom stereocenters. The van der Waals surface area contributed by atoms with Crippen LogP contribution in [0.4, 0.5) is 0 Å². The summed E-state index contributed by atoms with van der Waals surface area (Å²) in [4.78, 5) is 27.4. The number of amides is 1. The number of hydrogen-bond donors (Lipinski definition) is 0. The van der Waals surface area contributed by atoms with Gasteiger partial charge in [-0.1, -0.05) is 36.4 Å². The highest BCUT2D eigenvalue weighted by molar-refractivity contribution is 6.44. The van der Waals surface area contributed by atoms with E-state index >= 15 is 0 Å². The van der Waals surface area contributed by atoms with Crippen LogP contribution in [0.3, 0.4) is 0 Å². The molecule has 2 aromatic carbocycles. The zero-order valence-corrected chi connectivity index (χ0v) is 15.6. The van der Waals surface area contributed by atoms with Crippen LogP contribution in [0.2, 0.25) is 0 Å². The molecule has 1 amide bonds. The molecule has 0 spiro atoms. The molecule has 1 fully saturated rings. The van der Waals surface area contributed by atoms with Crippen molar-refractivity contribution in [3.05, 3.63) is 71.4 Å². The van der Waals surface area contributed by atoms with Gasteiger partial charge in [0, 0.05) is 36.7 Å². The fraction of sp³-hybridized carbons (Fsp3) is 0.261. The number of hydrogen-bond acceptors (Lipinski definition) is 3. The molecule has 1 aromatic heterocycles. The van der Waals surface area contributed by atoms with Gasteiger partial charge in [0.05, 0.1) is 17.2 Å². The molecule has 5 nitrogen and oxygen atoms in total. The number of Topliss-reactive ketones (excluding diaryl/α,β-unsaturated/α-hetero) is 1. The van der Waals surface area contributed by atoms with Gasteiger partial charge in [0.1, 0.15) is 0 Å². The predicted octanol–water partition coefficient (Wildman–Crippen LogP) is 3.76. The summed E-state index contributed by atoms with van der Waals surface area (Å²) in [5.74, 6) is -0.870. The number of nitriles is 1. The highest BCUT2D eigenvalue weighted by Gasteiger charge is 2.27. The van der Waals surface area contributed by atoms with E-state index in [1.807, 2.05) is 47.0 Å². The predicted molar refractivity (Wildman–Crippen MR) is 107 cm³/mol. The maximum Gasteiger partial charge on any atom is 0.295 e. The van der Waals surface area contributed by atoms with E-state index in [-0.39, 0.29) is 0 Å². The summed E-state index contributed by atoms with van der Waals surface area (Å²) in [7, 11) is 0. The van der Waals surface area contributed by atoms with Crippen molar-refractivity contribution in [3.8, 4) is 6.07 Å². The Labute approximate surface area is 163 Å². The number of ketones is 1. The second-order valence-electron chi connectivity index (χ2n) is 7.14. The van der Waals surface area contributed by atoms with Crippen LogP contribution in [0, 0.1) is 11.3 Å². The van der Waals surface area contributed by atoms with E-state index in [1.165, 1.54) is 0 Å². The average Bonchev–Trinajstić information content (AvgIpc) is 3.12. The highest BCUT2D eigenvalue weighted by atomic mass is 16.2. The van der Waals surface area contributed by atoms with Gasteiger partial charge in [-0.15, -0.1) is 0 Å². The van der Waals surface area contributed by atoms with Gasteiger partial charge in [-0.25, -0.2) is 0 Å². The Hall–Kier alpha value is -3.39. The Morgan fingerprint density at radius 2 is 1.68 bits per heavy atom. The van der Waals surface area contributed by atoms with Crippen LogP contribution in [0.15, 0.2) is 54.7 Å². The molecule has 28 heavy (non-hydrogen) atoms. The zero-order chi connectivity index (χ0) is 19.5. The van der Waals surface area contributed by atoms with Crippen LogP contribution in [0.5, 0.6) is 0 Å². The van der Waals surface area contributed by atoms with E-state index in [9.17, 15) is 14.9 Å². The first-order valence-corrected chi connectivity index (χ1v) is 9.58. The molecular formula is C23H21N3O2. The third-order valence-corrected chi connectivity index (χ3v) is 5.35. The summed E-state index contributed by atoms with van der Waals surface area (Å²) in [5, 5.41) is 10.1. The quantitative estimate of drug-likeness (QED) is 0.518. The Morgan fingerprint density at radius 1 is 0.964 bits per heavy atom. The van der Waals surface area contributed by atoms with E-state index in [0.29, 0.717) is 30.8 Å². The lowest BCUT2D eigenvalue weighted by Crippen LogP contribution is -2.40. The minimum atomic E-state index is -0.453. The van der Waals surface area contributed by atoms with Crippen molar-refractivity contribution in [1.29, 1.82) is 5.26 Å². The first-order chi connectivity index (χ1) is 13.7. The average molecular weight is 371 g/mol. The van der Waals surface area contributed by atoms with Crippen molar-refractivity contribution in [2.24, 2.45) is 0 Å². The number of benzene rings is 2. The lowest BCUT2D eigenvalue weighted by atomic mass is 10.1. The molecule has 0 saturated carbocycles. The second kappa shape index (κ2) is 7.69. The van der Waals surface area contributed by atoms with E-state index in [1.54, 1.807) is 17.2 Å². The van der Waals surface area contributed by atoms with E-state index in [4.69, 9.17) is 0 Å². The topological polar surface area (TPSA) is 66.1 Å². The standard InChI is InChI=1S/C23H21N3O2/c24-14-17-8-2-3-9-18(17)15-26-16-20(19-10-4-5-11-21(19)26)22(27)23(28)25-12-6-1-7-13-25/h2-5,8-11,16H,1,6-7,12-13,15H2. The van der Waals surface area contributed by atoms with Gasteiger partial charge in [0.15, 0.2) is 0 Å². The molecule has 0 radical (unpaired) electrons. The summed E-state index contributed by atoms with van der Waals surface area (Å²) in [5.41, 5.74) is 2.80. The largest absolute Gasteiger partial charge is 0.342 e. The van der Waals surface area contributed by atoms with E-state index in [2.05, 4.69) is 6.07 Å². The smallest absolute Gasteiger partial charge is 0.295 e. The van der Waals surface area contributed by atoms with Gasteiger partial charge < -0.3 is 9.47 Å². The van der Waals surface area contributed by atoms with Crippen LogP contribution in [-0.2, 0) is 11.3 Å². The normalized spacial score (nSPS) is 14.0.